The maximum Gasteiger partial charge on any atom is 0.333 e. The standard InChI is InChI=1S/C14H24O5/c1-4-14(17,5-2)19-12-8-7-10(9-11(12)15)13(16)18-6-3/h7,11-12,15,17H,4-6,8-9H2,1-3H3/t11-,12-/m1/s1. The van der Waals surface area contributed by atoms with E-state index < -0.39 is 18.0 Å². The summed E-state index contributed by atoms with van der Waals surface area (Å²) in [5.74, 6) is -1.60. The SMILES string of the molecule is CCOC(=O)C1=CC[C@@H](OC(O)(CC)CC)[C@H](O)C1. The van der Waals surface area contributed by atoms with Gasteiger partial charge in [0.15, 0.2) is 5.79 Å². The van der Waals surface area contributed by atoms with Crippen LogP contribution in [-0.2, 0) is 14.3 Å². The highest BCUT2D eigenvalue weighted by molar-refractivity contribution is 5.88. The highest BCUT2D eigenvalue weighted by Gasteiger charge is 2.34. The molecule has 0 heterocycles. The molecule has 1 aliphatic carbocycles. The second-order valence-corrected chi connectivity index (χ2v) is 4.77. The predicted octanol–water partition coefficient (Wildman–Crippen LogP) is 1.52. The van der Waals surface area contributed by atoms with E-state index in [2.05, 4.69) is 0 Å². The van der Waals surface area contributed by atoms with Gasteiger partial charge in [-0.3, -0.25) is 0 Å². The van der Waals surface area contributed by atoms with Gasteiger partial charge < -0.3 is 19.7 Å². The Morgan fingerprint density at radius 1 is 1.42 bits per heavy atom. The number of carbonyl (C=O) groups is 1. The van der Waals surface area contributed by atoms with Crippen molar-refractivity contribution in [2.45, 2.75) is 64.4 Å². The van der Waals surface area contributed by atoms with E-state index in [-0.39, 0.29) is 12.4 Å². The van der Waals surface area contributed by atoms with Gasteiger partial charge in [0.2, 0.25) is 0 Å². The minimum atomic E-state index is -1.21. The molecule has 2 atom stereocenters. The number of hydrogen-bond donors (Lipinski definition) is 2. The zero-order valence-corrected chi connectivity index (χ0v) is 11.9. The van der Waals surface area contributed by atoms with Gasteiger partial charge in [0.1, 0.15) is 0 Å². The van der Waals surface area contributed by atoms with Crippen molar-refractivity contribution in [1.29, 1.82) is 0 Å². The number of esters is 1. The third-order valence-corrected chi connectivity index (χ3v) is 3.47. The highest BCUT2D eigenvalue weighted by atomic mass is 16.6. The molecule has 0 aromatic carbocycles. The summed E-state index contributed by atoms with van der Waals surface area (Å²) in [5, 5.41) is 20.1. The van der Waals surface area contributed by atoms with E-state index in [9.17, 15) is 15.0 Å². The highest BCUT2D eigenvalue weighted by Crippen LogP contribution is 2.28. The number of rotatable bonds is 6. The van der Waals surface area contributed by atoms with Crippen molar-refractivity contribution in [3.8, 4) is 0 Å². The van der Waals surface area contributed by atoms with E-state index in [1.807, 2.05) is 13.8 Å². The lowest BCUT2D eigenvalue weighted by Crippen LogP contribution is -2.42. The van der Waals surface area contributed by atoms with E-state index in [4.69, 9.17) is 9.47 Å². The van der Waals surface area contributed by atoms with Crippen LogP contribution in [-0.4, -0.2) is 40.8 Å². The van der Waals surface area contributed by atoms with Crippen LogP contribution < -0.4 is 0 Å². The molecule has 2 N–H and O–H groups in total. The zero-order valence-electron chi connectivity index (χ0n) is 11.9. The zero-order chi connectivity index (χ0) is 14.5. The predicted molar refractivity (Wildman–Crippen MR) is 70.4 cm³/mol. The molecule has 0 fully saturated rings. The topological polar surface area (TPSA) is 76.0 Å². The Hall–Kier alpha value is -0.910. The normalized spacial score (nSPS) is 23.9. The molecular weight excluding hydrogens is 248 g/mol. The molecular formula is C14H24O5. The van der Waals surface area contributed by atoms with Crippen molar-refractivity contribution >= 4 is 5.97 Å². The lowest BCUT2D eigenvalue weighted by atomic mass is 9.94. The first-order valence-corrected chi connectivity index (χ1v) is 6.90. The van der Waals surface area contributed by atoms with Crippen LogP contribution in [0.1, 0.15) is 46.5 Å². The van der Waals surface area contributed by atoms with E-state index in [1.165, 1.54) is 0 Å². The van der Waals surface area contributed by atoms with Gasteiger partial charge in [-0.25, -0.2) is 4.79 Å². The molecule has 0 bridgehead atoms. The summed E-state index contributed by atoms with van der Waals surface area (Å²) in [6.45, 7) is 5.72. The van der Waals surface area contributed by atoms with Gasteiger partial charge >= 0.3 is 5.97 Å². The van der Waals surface area contributed by atoms with Crippen LogP contribution in [0.15, 0.2) is 11.6 Å². The summed E-state index contributed by atoms with van der Waals surface area (Å²) in [6.07, 6.45) is 1.96. The molecule has 0 saturated carbocycles. The van der Waals surface area contributed by atoms with Gasteiger partial charge in [-0.05, 0) is 26.2 Å². The first kappa shape index (κ1) is 16.1. The quantitative estimate of drug-likeness (QED) is 0.566. The lowest BCUT2D eigenvalue weighted by molar-refractivity contribution is -0.249. The molecule has 19 heavy (non-hydrogen) atoms. The van der Waals surface area contributed by atoms with Crippen LogP contribution in [0.2, 0.25) is 0 Å². The molecule has 0 unspecified atom stereocenters. The number of aliphatic hydroxyl groups excluding tert-OH is 1. The molecule has 1 rings (SSSR count). The van der Waals surface area contributed by atoms with Crippen LogP contribution in [0.3, 0.4) is 0 Å². The van der Waals surface area contributed by atoms with E-state index in [0.29, 0.717) is 31.4 Å². The van der Waals surface area contributed by atoms with Crippen LogP contribution in [0.5, 0.6) is 0 Å². The summed E-state index contributed by atoms with van der Waals surface area (Å²) < 4.78 is 10.5. The average Bonchev–Trinajstić information content (AvgIpc) is 2.41. The molecule has 5 nitrogen and oxygen atoms in total. The molecule has 5 heteroatoms. The summed E-state index contributed by atoms with van der Waals surface area (Å²) in [5.41, 5.74) is 0.478. The molecule has 0 aliphatic heterocycles. The van der Waals surface area contributed by atoms with Crippen molar-refractivity contribution in [3.63, 3.8) is 0 Å². The maximum atomic E-state index is 11.6. The number of hydrogen-bond acceptors (Lipinski definition) is 5. The van der Waals surface area contributed by atoms with Crippen molar-refractivity contribution in [2.24, 2.45) is 0 Å². The Morgan fingerprint density at radius 3 is 2.53 bits per heavy atom. The Kier molecular flexibility index (Phi) is 5.97. The van der Waals surface area contributed by atoms with Crippen molar-refractivity contribution in [1.82, 2.24) is 0 Å². The largest absolute Gasteiger partial charge is 0.463 e. The average molecular weight is 272 g/mol. The van der Waals surface area contributed by atoms with Crippen LogP contribution in [0.4, 0.5) is 0 Å². The summed E-state index contributed by atoms with van der Waals surface area (Å²) in [6, 6.07) is 0. The van der Waals surface area contributed by atoms with Gasteiger partial charge in [-0.15, -0.1) is 0 Å². The molecule has 110 valence electrons. The lowest BCUT2D eigenvalue weighted by Gasteiger charge is -2.35. The Labute approximate surface area is 114 Å². The molecule has 0 spiro atoms. The van der Waals surface area contributed by atoms with Gasteiger partial charge in [-0.1, -0.05) is 19.9 Å². The maximum absolute atomic E-state index is 11.6. The van der Waals surface area contributed by atoms with Crippen molar-refractivity contribution in [3.05, 3.63) is 11.6 Å². The fourth-order valence-electron chi connectivity index (χ4n) is 2.07. The summed E-state index contributed by atoms with van der Waals surface area (Å²) in [4.78, 5) is 11.6. The number of aliphatic hydroxyl groups is 2. The summed E-state index contributed by atoms with van der Waals surface area (Å²) in [7, 11) is 0. The Bertz CT molecular complexity index is 333. The molecule has 0 aromatic heterocycles. The van der Waals surface area contributed by atoms with Gasteiger partial charge in [-0.2, -0.15) is 0 Å². The fourth-order valence-corrected chi connectivity index (χ4v) is 2.07. The van der Waals surface area contributed by atoms with Gasteiger partial charge in [0.05, 0.1) is 18.8 Å². The number of carbonyl (C=O) groups excluding carboxylic acids is 1. The number of ether oxygens (including phenoxy) is 2. The van der Waals surface area contributed by atoms with E-state index >= 15 is 0 Å². The first-order valence-electron chi connectivity index (χ1n) is 6.90. The van der Waals surface area contributed by atoms with Crippen LogP contribution in [0.25, 0.3) is 0 Å². The second-order valence-electron chi connectivity index (χ2n) is 4.77. The monoisotopic (exact) mass is 272 g/mol. The second kappa shape index (κ2) is 7.03. The minimum absolute atomic E-state index is 0.201. The molecule has 1 aliphatic rings. The minimum Gasteiger partial charge on any atom is -0.463 e. The summed E-state index contributed by atoms with van der Waals surface area (Å²) >= 11 is 0. The van der Waals surface area contributed by atoms with Gasteiger partial charge in [0, 0.05) is 12.0 Å². The Balaban J connectivity index is 2.65. The van der Waals surface area contributed by atoms with E-state index in [1.54, 1.807) is 13.0 Å². The molecule has 0 saturated heterocycles. The van der Waals surface area contributed by atoms with Crippen LogP contribution >= 0.6 is 0 Å². The molecule has 0 amide bonds. The van der Waals surface area contributed by atoms with E-state index in [0.717, 1.165) is 0 Å². The fraction of sp³-hybridized carbons (Fsp3) is 0.786. The third kappa shape index (κ3) is 4.30. The Morgan fingerprint density at radius 2 is 2.05 bits per heavy atom. The third-order valence-electron chi connectivity index (χ3n) is 3.47. The van der Waals surface area contributed by atoms with Crippen molar-refractivity contribution < 1.29 is 24.5 Å². The van der Waals surface area contributed by atoms with Gasteiger partial charge in [0.25, 0.3) is 0 Å². The van der Waals surface area contributed by atoms with Crippen LogP contribution in [0, 0.1) is 0 Å². The smallest absolute Gasteiger partial charge is 0.333 e. The molecule has 0 aromatic rings. The van der Waals surface area contributed by atoms with Crippen molar-refractivity contribution in [2.75, 3.05) is 6.61 Å². The molecule has 0 radical (unpaired) electrons. The first-order chi connectivity index (χ1) is 8.95.